The summed E-state index contributed by atoms with van der Waals surface area (Å²) >= 11 is 7.08. The second kappa shape index (κ2) is 4.78. The fourth-order valence-electron chi connectivity index (χ4n) is 1.53. The van der Waals surface area contributed by atoms with Crippen LogP contribution in [0.5, 0.6) is 0 Å². The van der Waals surface area contributed by atoms with Gasteiger partial charge in [-0.15, -0.1) is 11.3 Å². The van der Waals surface area contributed by atoms with E-state index in [1.165, 1.54) is 19.1 Å². The fraction of sp³-hybridized carbons (Fsp3) is 0.154. The molecule has 2 aromatic rings. The van der Waals surface area contributed by atoms with Gasteiger partial charge >= 0.3 is 0 Å². The molecule has 0 unspecified atom stereocenters. The number of aryl methyl sites for hydroxylation is 2. The molecule has 0 aliphatic rings. The molecule has 0 bridgehead atoms. The summed E-state index contributed by atoms with van der Waals surface area (Å²) in [5, 5.41) is 2.00. The zero-order chi connectivity index (χ0) is 13.4. The number of carbonyl (C=O) groups excluding carboxylic acids is 1. The van der Waals surface area contributed by atoms with Gasteiger partial charge in [-0.3, -0.25) is 4.79 Å². The van der Waals surface area contributed by atoms with Crippen LogP contribution in [0.4, 0.5) is 8.78 Å². The first kappa shape index (κ1) is 13.2. The van der Waals surface area contributed by atoms with Crippen LogP contribution in [0.25, 0.3) is 0 Å². The Bertz CT molecular complexity index is 634. The Hall–Kier alpha value is -1.26. The second-order valence-corrected chi connectivity index (χ2v) is 5.21. The third kappa shape index (κ3) is 2.06. The molecule has 2 rings (SSSR count). The quantitative estimate of drug-likeness (QED) is 0.742. The van der Waals surface area contributed by atoms with E-state index in [-0.39, 0.29) is 16.0 Å². The molecule has 5 heteroatoms. The first-order valence-corrected chi connectivity index (χ1v) is 6.42. The molecule has 18 heavy (non-hydrogen) atoms. The Labute approximate surface area is 112 Å². The average molecular weight is 287 g/mol. The maximum absolute atomic E-state index is 13.7. The van der Waals surface area contributed by atoms with E-state index in [9.17, 15) is 13.6 Å². The third-order valence-corrected chi connectivity index (χ3v) is 4.32. The molecule has 0 saturated carbocycles. The van der Waals surface area contributed by atoms with E-state index in [1.807, 2.05) is 0 Å². The Morgan fingerprint density at radius 2 is 1.83 bits per heavy atom. The van der Waals surface area contributed by atoms with Crippen molar-refractivity contribution in [1.29, 1.82) is 0 Å². The molecule has 94 valence electrons. The Balaban J connectivity index is 2.54. The van der Waals surface area contributed by atoms with Crippen LogP contribution < -0.4 is 0 Å². The van der Waals surface area contributed by atoms with Crippen molar-refractivity contribution < 1.29 is 13.6 Å². The van der Waals surface area contributed by atoms with Crippen molar-refractivity contribution in [2.75, 3.05) is 0 Å². The van der Waals surface area contributed by atoms with Gasteiger partial charge in [0.25, 0.3) is 0 Å². The van der Waals surface area contributed by atoms with Crippen molar-refractivity contribution in [2.24, 2.45) is 0 Å². The average Bonchev–Trinajstić information content (AvgIpc) is 2.67. The zero-order valence-electron chi connectivity index (χ0n) is 9.68. The highest BCUT2D eigenvalue weighted by molar-refractivity contribution is 7.13. The number of rotatable bonds is 2. The number of halogens is 3. The van der Waals surface area contributed by atoms with Gasteiger partial charge in [-0.1, -0.05) is 17.7 Å². The summed E-state index contributed by atoms with van der Waals surface area (Å²) < 4.78 is 27.1. The van der Waals surface area contributed by atoms with Crippen molar-refractivity contribution in [3.63, 3.8) is 0 Å². The Kier molecular flexibility index (Phi) is 3.50. The van der Waals surface area contributed by atoms with Gasteiger partial charge < -0.3 is 0 Å². The van der Waals surface area contributed by atoms with Crippen LogP contribution in [-0.2, 0) is 0 Å². The SMILES string of the molecule is Cc1ccc(C(=O)c2scc(C)c2Cl)c(F)c1F. The van der Waals surface area contributed by atoms with E-state index < -0.39 is 17.4 Å². The molecule has 1 heterocycles. The lowest BCUT2D eigenvalue weighted by Crippen LogP contribution is -2.06. The topological polar surface area (TPSA) is 17.1 Å². The minimum absolute atomic E-state index is 0.164. The third-order valence-electron chi connectivity index (χ3n) is 2.63. The summed E-state index contributed by atoms with van der Waals surface area (Å²) in [5.41, 5.74) is 0.623. The summed E-state index contributed by atoms with van der Waals surface area (Å²) in [6.07, 6.45) is 0. The number of thiophene rings is 1. The van der Waals surface area contributed by atoms with Gasteiger partial charge in [0.1, 0.15) is 0 Å². The number of ketones is 1. The monoisotopic (exact) mass is 286 g/mol. The number of carbonyl (C=O) groups is 1. The lowest BCUT2D eigenvalue weighted by molar-refractivity contribution is 0.103. The first-order chi connectivity index (χ1) is 8.43. The van der Waals surface area contributed by atoms with Crippen molar-refractivity contribution in [2.45, 2.75) is 13.8 Å². The van der Waals surface area contributed by atoms with Crippen LogP contribution in [-0.4, -0.2) is 5.78 Å². The fourth-order valence-corrected chi connectivity index (χ4v) is 2.76. The molecular formula is C13H9ClF2OS. The number of hydrogen-bond acceptors (Lipinski definition) is 2. The summed E-state index contributed by atoms with van der Waals surface area (Å²) in [7, 11) is 0. The first-order valence-electron chi connectivity index (χ1n) is 5.16. The molecule has 0 amide bonds. The van der Waals surface area contributed by atoms with Crippen LogP contribution in [0.2, 0.25) is 5.02 Å². The van der Waals surface area contributed by atoms with Crippen molar-refractivity contribution in [3.8, 4) is 0 Å². The normalized spacial score (nSPS) is 10.7. The van der Waals surface area contributed by atoms with Gasteiger partial charge in [0.15, 0.2) is 11.6 Å². The van der Waals surface area contributed by atoms with Crippen molar-refractivity contribution in [3.05, 3.63) is 55.7 Å². The van der Waals surface area contributed by atoms with Gasteiger partial charge in [0.2, 0.25) is 5.78 Å². The molecule has 0 radical (unpaired) electrons. The van der Waals surface area contributed by atoms with Crippen LogP contribution in [0.15, 0.2) is 17.5 Å². The molecule has 0 atom stereocenters. The second-order valence-electron chi connectivity index (χ2n) is 3.95. The molecule has 0 spiro atoms. The van der Waals surface area contributed by atoms with E-state index >= 15 is 0 Å². The van der Waals surface area contributed by atoms with Crippen LogP contribution in [0.1, 0.15) is 26.4 Å². The highest BCUT2D eigenvalue weighted by Gasteiger charge is 2.22. The van der Waals surface area contributed by atoms with Crippen LogP contribution in [0.3, 0.4) is 0 Å². The minimum atomic E-state index is -1.12. The van der Waals surface area contributed by atoms with E-state index in [2.05, 4.69) is 0 Å². The maximum atomic E-state index is 13.7. The standard InChI is InChI=1S/C13H9ClF2OS/c1-6-3-4-8(11(16)10(6)15)12(17)13-9(14)7(2)5-18-13/h3-5H,1-2H3. The predicted octanol–water partition coefficient (Wildman–Crippen LogP) is 4.53. The van der Waals surface area contributed by atoms with Crippen molar-refractivity contribution in [1.82, 2.24) is 0 Å². The smallest absolute Gasteiger partial charge is 0.207 e. The molecule has 0 saturated heterocycles. The van der Waals surface area contributed by atoms with E-state index in [0.717, 1.165) is 16.9 Å². The van der Waals surface area contributed by atoms with Crippen molar-refractivity contribution >= 4 is 28.7 Å². The molecule has 0 aliphatic heterocycles. The number of hydrogen-bond donors (Lipinski definition) is 0. The Morgan fingerprint density at radius 3 is 2.39 bits per heavy atom. The van der Waals surface area contributed by atoms with Gasteiger partial charge in [-0.25, -0.2) is 8.78 Å². The largest absolute Gasteiger partial charge is 0.288 e. The molecule has 1 aromatic carbocycles. The Morgan fingerprint density at radius 1 is 1.17 bits per heavy atom. The zero-order valence-corrected chi connectivity index (χ0v) is 11.3. The van der Waals surface area contributed by atoms with E-state index in [1.54, 1.807) is 12.3 Å². The molecule has 0 fully saturated rings. The predicted molar refractivity (Wildman–Crippen MR) is 68.6 cm³/mol. The summed E-state index contributed by atoms with van der Waals surface area (Å²) in [5.74, 6) is -2.71. The van der Waals surface area contributed by atoms with Gasteiger partial charge in [-0.2, -0.15) is 0 Å². The summed E-state index contributed by atoms with van der Waals surface area (Å²) in [6.45, 7) is 3.19. The van der Waals surface area contributed by atoms with E-state index in [4.69, 9.17) is 11.6 Å². The highest BCUT2D eigenvalue weighted by Crippen LogP contribution is 2.30. The molecular weight excluding hydrogens is 278 g/mol. The summed E-state index contributed by atoms with van der Waals surface area (Å²) in [6, 6.07) is 2.65. The van der Waals surface area contributed by atoms with E-state index in [0.29, 0.717) is 5.02 Å². The van der Waals surface area contributed by atoms with Gasteiger partial charge in [-0.05, 0) is 36.4 Å². The lowest BCUT2D eigenvalue weighted by atomic mass is 10.1. The number of benzene rings is 1. The molecule has 0 aliphatic carbocycles. The highest BCUT2D eigenvalue weighted by atomic mass is 35.5. The van der Waals surface area contributed by atoms with Crippen LogP contribution in [0, 0.1) is 25.5 Å². The van der Waals surface area contributed by atoms with Gasteiger partial charge in [0.05, 0.1) is 15.5 Å². The molecule has 0 N–H and O–H groups in total. The lowest BCUT2D eigenvalue weighted by Gasteiger charge is -2.04. The molecule has 1 aromatic heterocycles. The maximum Gasteiger partial charge on any atom is 0.207 e. The van der Waals surface area contributed by atoms with Gasteiger partial charge in [0, 0.05) is 0 Å². The molecule has 1 nitrogen and oxygen atoms in total. The summed E-state index contributed by atoms with van der Waals surface area (Å²) in [4.78, 5) is 12.3. The minimum Gasteiger partial charge on any atom is -0.288 e. The van der Waals surface area contributed by atoms with Crippen LogP contribution >= 0.6 is 22.9 Å².